The molecule has 0 bridgehead atoms. The Morgan fingerprint density at radius 1 is 1.12 bits per heavy atom. The molecule has 34 heavy (non-hydrogen) atoms. The maximum Gasteiger partial charge on any atom is 0.573 e. The number of aromatic nitrogens is 4. The third kappa shape index (κ3) is 5.83. The van der Waals surface area contributed by atoms with Crippen LogP contribution in [0.25, 0.3) is 11.3 Å². The molecule has 0 unspecified atom stereocenters. The molecule has 0 N–H and O–H groups in total. The van der Waals surface area contributed by atoms with Gasteiger partial charge in [-0.25, -0.2) is 15.0 Å². The molecule has 1 amide bonds. The number of ether oxygens (including phenoxy) is 2. The molecule has 4 rings (SSSR count). The van der Waals surface area contributed by atoms with Gasteiger partial charge in [0.15, 0.2) is 11.6 Å². The van der Waals surface area contributed by atoms with Gasteiger partial charge >= 0.3 is 6.36 Å². The predicted octanol–water partition coefficient (Wildman–Crippen LogP) is 2.89. The van der Waals surface area contributed by atoms with Gasteiger partial charge in [-0.15, -0.1) is 13.2 Å². The summed E-state index contributed by atoms with van der Waals surface area (Å²) >= 11 is 0. The first kappa shape index (κ1) is 23.5. The highest BCUT2D eigenvalue weighted by Gasteiger charge is 2.34. The number of carbonyl (C=O) groups is 1. The number of morpholine rings is 1. The van der Waals surface area contributed by atoms with Gasteiger partial charge in [-0.3, -0.25) is 19.6 Å². The van der Waals surface area contributed by atoms with E-state index in [1.165, 1.54) is 43.2 Å². The van der Waals surface area contributed by atoms with E-state index in [0.29, 0.717) is 37.6 Å². The molecule has 3 aromatic rings. The molecule has 1 fully saturated rings. The summed E-state index contributed by atoms with van der Waals surface area (Å²) in [6.45, 7) is 7.65. The Kier molecular flexibility index (Phi) is 6.98. The van der Waals surface area contributed by atoms with E-state index in [4.69, 9.17) is 11.7 Å². The number of alkyl halides is 3. The largest absolute Gasteiger partial charge is 0.573 e. The van der Waals surface area contributed by atoms with Gasteiger partial charge in [0.05, 0.1) is 43.5 Å². The Balaban J connectivity index is 1.73. The first-order valence-electron chi connectivity index (χ1n) is 10.2. The molecule has 1 aliphatic heterocycles. The Bertz CT molecular complexity index is 1120. The lowest BCUT2D eigenvalue weighted by Gasteiger charge is -2.30. The molecule has 9 nitrogen and oxygen atoms in total. The van der Waals surface area contributed by atoms with Crippen LogP contribution in [0.15, 0.2) is 49.3 Å². The highest BCUT2D eigenvalue weighted by molar-refractivity contribution is 6.02. The maximum atomic E-state index is 13.4. The van der Waals surface area contributed by atoms with Crippen LogP contribution in [0.3, 0.4) is 0 Å². The molecule has 1 aromatic carbocycles. The highest BCUT2D eigenvalue weighted by Crippen LogP contribution is 2.37. The second-order valence-corrected chi connectivity index (χ2v) is 7.28. The lowest BCUT2D eigenvalue weighted by Crippen LogP contribution is -2.44. The van der Waals surface area contributed by atoms with E-state index in [-0.39, 0.29) is 23.6 Å². The molecule has 3 heterocycles. The summed E-state index contributed by atoms with van der Waals surface area (Å²) in [6, 6.07) is 3.52. The lowest BCUT2D eigenvalue weighted by molar-refractivity contribution is -0.274. The maximum absolute atomic E-state index is 13.4. The van der Waals surface area contributed by atoms with E-state index in [1.807, 2.05) is 4.90 Å². The SMILES string of the molecule is [CH]c1ccc(OC(F)(F)F)c(N(C(=O)CN2CCOCC2)c2cnc(-c3cncnc3)cn2)c1. The van der Waals surface area contributed by atoms with Crippen LogP contribution in [0.5, 0.6) is 5.75 Å². The number of rotatable bonds is 6. The zero-order chi connectivity index (χ0) is 24.1. The molecule has 2 aromatic heterocycles. The van der Waals surface area contributed by atoms with Crippen molar-refractivity contribution in [3.05, 3.63) is 61.8 Å². The van der Waals surface area contributed by atoms with Crippen LogP contribution in [-0.4, -0.2) is 70.0 Å². The fourth-order valence-corrected chi connectivity index (χ4v) is 3.34. The first-order valence-corrected chi connectivity index (χ1v) is 10.2. The fourth-order valence-electron chi connectivity index (χ4n) is 3.34. The molecule has 1 aliphatic rings. The Hall–Kier alpha value is -3.64. The van der Waals surface area contributed by atoms with E-state index in [1.54, 1.807) is 0 Å². The van der Waals surface area contributed by atoms with Crippen LogP contribution >= 0.6 is 0 Å². The topological polar surface area (TPSA) is 93.6 Å². The normalized spacial score (nSPS) is 14.6. The molecular weight excluding hydrogens is 453 g/mol. The Morgan fingerprint density at radius 3 is 2.50 bits per heavy atom. The van der Waals surface area contributed by atoms with Crippen molar-refractivity contribution in [2.24, 2.45) is 0 Å². The predicted molar refractivity (Wildman–Crippen MR) is 114 cm³/mol. The van der Waals surface area contributed by atoms with Gasteiger partial charge in [0.25, 0.3) is 0 Å². The highest BCUT2D eigenvalue weighted by atomic mass is 19.4. The number of carbonyl (C=O) groups excluding carboxylic acids is 1. The van der Waals surface area contributed by atoms with Gasteiger partial charge in [0.1, 0.15) is 6.33 Å². The van der Waals surface area contributed by atoms with E-state index in [0.717, 1.165) is 11.0 Å². The molecule has 0 saturated carbocycles. The summed E-state index contributed by atoms with van der Waals surface area (Å²) in [5.74, 6) is -1.14. The number of anilines is 2. The van der Waals surface area contributed by atoms with Gasteiger partial charge in [-0.2, -0.15) is 0 Å². The average molecular weight is 472 g/mol. The molecule has 0 spiro atoms. The number of nitrogens with zero attached hydrogens (tertiary/aromatic N) is 6. The molecule has 0 aliphatic carbocycles. The first-order chi connectivity index (χ1) is 16.3. The van der Waals surface area contributed by atoms with Gasteiger partial charge < -0.3 is 9.47 Å². The zero-order valence-electron chi connectivity index (χ0n) is 17.8. The van der Waals surface area contributed by atoms with Crippen molar-refractivity contribution in [1.82, 2.24) is 24.8 Å². The number of hydrogen-bond acceptors (Lipinski definition) is 8. The summed E-state index contributed by atoms with van der Waals surface area (Å²) in [7, 11) is 0. The number of halogens is 3. The lowest BCUT2D eigenvalue weighted by atomic mass is 10.1. The fraction of sp³-hybridized carbons (Fsp3) is 0.273. The van der Waals surface area contributed by atoms with E-state index < -0.39 is 18.0 Å². The average Bonchev–Trinajstić information content (AvgIpc) is 2.82. The Morgan fingerprint density at radius 2 is 1.85 bits per heavy atom. The third-order valence-electron chi connectivity index (χ3n) is 4.89. The second kappa shape index (κ2) is 10.1. The van der Waals surface area contributed by atoms with Crippen LogP contribution in [-0.2, 0) is 9.53 Å². The van der Waals surface area contributed by atoms with E-state index in [9.17, 15) is 18.0 Å². The second-order valence-electron chi connectivity index (χ2n) is 7.28. The van der Waals surface area contributed by atoms with Crippen molar-refractivity contribution in [3.8, 4) is 17.0 Å². The van der Waals surface area contributed by atoms with Crippen molar-refractivity contribution in [1.29, 1.82) is 0 Å². The van der Waals surface area contributed by atoms with Crippen LogP contribution in [0.1, 0.15) is 5.56 Å². The van der Waals surface area contributed by atoms with E-state index in [2.05, 4.69) is 24.7 Å². The molecule has 2 radical (unpaired) electrons. The van der Waals surface area contributed by atoms with Crippen LogP contribution in [0.2, 0.25) is 0 Å². The van der Waals surface area contributed by atoms with Gasteiger partial charge in [0.2, 0.25) is 5.91 Å². The minimum Gasteiger partial charge on any atom is -0.404 e. The number of hydrogen-bond donors (Lipinski definition) is 0. The molecule has 1 saturated heterocycles. The molecule has 12 heteroatoms. The van der Waals surface area contributed by atoms with Gasteiger partial charge in [0, 0.05) is 31.0 Å². The minimum absolute atomic E-state index is 0.00326. The number of amides is 1. The van der Waals surface area contributed by atoms with Crippen LogP contribution in [0, 0.1) is 6.92 Å². The van der Waals surface area contributed by atoms with Gasteiger partial charge in [-0.1, -0.05) is 6.07 Å². The number of benzene rings is 1. The van der Waals surface area contributed by atoms with Crippen molar-refractivity contribution in [2.45, 2.75) is 6.36 Å². The third-order valence-corrected chi connectivity index (χ3v) is 4.89. The Labute approximate surface area is 193 Å². The van der Waals surface area contributed by atoms with Crippen molar-refractivity contribution < 1.29 is 27.4 Å². The summed E-state index contributed by atoms with van der Waals surface area (Å²) < 4.78 is 48.7. The molecule has 0 atom stereocenters. The minimum atomic E-state index is -4.98. The molecular formula is C22H19F3N6O3. The monoisotopic (exact) mass is 472 g/mol. The standard InChI is InChI=1S/C22H19F3N6O3/c1-15-2-3-19(34-22(23,24)25)18(8-15)31(21(32)13-30-4-6-33-7-5-30)20-12-28-17(11-29-20)16-9-26-14-27-10-16/h1-3,8-12,14H,4-7,13H2. The smallest absolute Gasteiger partial charge is 0.404 e. The summed E-state index contributed by atoms with van der Waals surface area (Å²) in [6.07, 6.45) is 2.10. The molecule has 176 valence electrons. The quantitative estimate of drug-likeness (QED) is 0.541. The van der Waals surface area contributed by atoms with Crippen molar-refractivity contribution >= 4 is 17.4 Å². The van der Waals surface area contributed by atoms with Crippen LogP contribution < -0.4 is 9.64 Å². The van der Waals surface area contributed by atoms with Gasteiger partial charge in [-0.05, 0) is 24.6 Å². The van der Waals surface area contributed by atoms with Crippen LogP contribution in [0.4, 0.5) is 24.7 Å². The summed E-state index contributed by atoms with van der Waals surface area (Å²) in [5, 5.41) is 0. The summed E-state index contributed by atoms with van der Waals surface area (Å²) in [5.41, 5.74) is 0.933. The zero-order valence-corrected chi connectivity index (χ0v) is 17.8. The van der Waals surface area contributed by atoms with Crippen molar-refractivity contribution in [2.75, 3.05) is 37.7 Å². The van der Waals surface area contributed by atoms with E-state index >= 15 is 0 Å². The van der Waals surface area contributed by atoms with Crippen molar-refractivity contribution in [3.63, 3.8) is 0 Å². The summed E-state index contributed by atoms with van der Waals surface area (Å²) in [4.78, 5) is 32.6.